The molecule has 0 saturated carbocycles. The van der Waals surface area contributed by atoms with Gasteiger partial charge in [0.2, 0.25) is 0 Å². The number of hydrogen-bond acceptors (Lipinski definition) is 3. The number of furan rings is 1. The van der Waals surface area contributed by atoms with E-state index in [4.69, 9.17) is 4.42 Å². The highest BCUT2D eigenvalue weighted by atomic mass is 16.3. The lowest BCUT2D eigenvalue weighted by atomic mass is 10.3. The van der Waals surface area contributed by atoms with Gasteiger partial charge in [0, 0.05) is 18.6 Å². The molecule has 0 unspecified atom stereocenters. The van der Waals surface area contributed by atoms with Gasteiger partial charge in [0.1, 0.15) is 17.7 Å². The second-order valence-electron chi connectivity index (χ2n) is 2.94. The van der Waals surface area contributed by atoms with Crippen molar-refractivity contribution < 1.29 is 4.42 Å². The number of hydrogen-bond donors (Lipinski definition) is 0. The molecule has 0 spiro atoms. The van der Waals surface area contributed by atoms with E-state index in [-0.39, 0.29) is 0 Å². The number of fused-ring (bicyclic) bond motifs is 1. The Kier molecular flexibility index (Phi) is 1.41. The van der Waals surface area contributed by atoms with E-state index in [2.05, 4.69) is 9.97 Å². The summed E-state index contributed by atoms with van der Waals surface area (Å²) in [6, 6.07) is 3.74. The van der Waals surface area contributed by atoms with Crippen molar-refractivity contribution >= 4 is 11.0 Å². The number of nitrogens with zero attached hydrogens (tertiary/aromatic N) is 3. The van der Waals surface area contributed by atoms with Crippen LogP contribution in [0.3, 0.4) is 0 Å². The third kappa shape index (κ3) is 0.939. The van der Waals surface area contributed by atoms with Crippen LogP contribution in [0.25, 0.3) is 16.8 Å². The molecule has 0 bridgehead atoms. The summed E-state index contributed by atoms with van der Waals surface area (Å²) in [6.45, 7) is 0. The molecule has 68 valence electrons. The van der Waals surface area contributed by atoms with Crippen LogP contribution in [0.4, 0.5) is 0 Å². The van der Waals surface area contributed by atoms with E-state index in [9.17, 15) is 0 Å². The fourth-order valence-corrected chi connectivity index (χ4v) is 1.47. The molecule has 0 aromatic carbocycles. The predicted octanol–water partition coefficient (Wildman–Crippen LogP) is 2.01. The van der Waals surface area contributed by atoms with Crippen LogP contribution in [-0.2, 0) is 0 Å². The summed E-state index contributed by atoms with van der Waals surface area (Å²) in [6.07, 6.45) is 8.68. The lowest BCUT2D eigenvalue weighted by Gasteiger charge is -2.00. The molecule has 0 atom stereocenters. The maximum absolute atomic E-state index is 5.28. The highest BCUT2D eigenvalue weighted by Crippen LogP contribution is 2.20. The Morgan fingerprint density at radius 1 is 1.21 bits per heavy atom. The van der Waals surface area contributed by atoms with Gasteiger partial charge >= 0.3 is 0 Å². The van der Waals surface area contributed by atoms with Crippen LogP contribution in [0.1, 0.15) is 0 Å². The monoisotopic (exact) mass is 185 g/mol. The molecule has 3 rings (SSSR count). The first kappa shape index (κ1) is 7.32. The van der Waals surface area contributed by atoms with Crippen molar-refractivity contribution in [1.82, 2.24) is 14.5 Å². The maximum atomic E-state index is 5.28. The third-order valence-electron chi connectivity index (χ3n) is 2.11. The van der Waals surface area contributed by atoms with E-state index in [0.29, 0.717) is 0 Å². The van der Waals surface area contributed by atoms with Crippen molar-refractivity contribution in [3.63, 3.8) is 0 Å². The zero-order chi connectivity index (χ0) is 9.38. The molecular weight excluding hydrogens is 178 g/mol. The second-order valence-corrected chi connectivity index (χ2v) is 2.94. The van der Waals surface area contributed by atoms with Gasteiger partial charge in [0.15, 0.2) is 0 Å². The van der Waals surface area contributed by atoms with Crippen LogP contribution in [0.2, 0.25) is 0 Å². The van der Waals surface area contributed by atoms with Gasteiger partial charge in [-0.15, -0.1) is 0 Å². The van der Waals surface area contributed by atoms with Gasteiger partial charge in [-0.25, -0.2) is 9.97 Å². The maximum Gasteiger partial charge on any atom is 0.149 e. The van der Waals surface area contributed by atoms with Crippen molar-refractivity contribution in [2.75, 3.05) is 0 Å². The first-order valence-electron chi connectivity index (χ1n) is 4.26. The zero-order valence-corrected chi connectivity index (χ0v) is 7.29. The summed E-state index contributed by atoms with van der Waals surface area (Å²) in [5.74, 6) is 0.841. The van der Waals surface area contributed by atoms with E-state index >= 15 is 0 Å². The van der Waals surface area contributed by atoms with Crippen molar-refractivity contribution in [1.29, 1.82) is 0 Å². The first-order valence-corrected chi connectivity index (χ1v) is 4.26. The summed E-state index contributed by atoms with van der Waals surface area (Å²) in [7, 11) is 0. The molecule has 0 aliphatic heterocycles. The summed E-state index contributed by atoms with van der Waals surface area (Å²) in [4.78, 5) is 8.27. The van der Waals surface area contributed by atoms with E-state index < -0.39 is 0 Å². The Morgan fingerprint density at radius 2 is 2.21 bits per heavy atom. The summed E-state index contributed by atoms with van der Waals surface area (Å²) >= 11 is 0. The largest absolute Gasteiger partial charge is 0.464 e. The second kappa shape index (κ2) is 2.70. The number of aromatic nitrogens is 3. The Labute approximate surface area is 79.8 Å². The number of rotatable bonds is 1. The van der Waals surface area contributed by atoms with Gasteiger partial charge in [-0.3, -0.25) is 4.57 Å². The molecule has 0 fully saturated rings. The quantitative estimate of drug-likeness (QED) is 0.582. The fourth-order valence-electron chi connectivity index (χ4n) is 1.47. The Morgan fingerprint density at radius 3 is 3.07 bits per heavy atom. The smallest absolute Gasteiger partial charge is 0.149 e. The molecule has 0 saturated heterocycles. The molecule has 0 amide bonds. The van der Waals surface area contributed by atoms with Crippen molar-refractivity contribution in [3.05, 3.63) is 43.3 Å². The molecule has 0 aliphatic rings. The van der Waals surface area contributed by atoms with Crippen LogP contribution in [0, 0.1) is 0 Å². The van der Waals surface area contributed by atoms with E-state index in [0.717, 1.165) is 16.8 Å². The average Bonchev–Trinajstić information content (AvgIpc) is 2.88. The van der Waals surface area contributed by atoms with E-state index in [1.165, 1.54) is 0 Å². The highest BCUT2D eigenvalue weighted by Gasteiger charge is 2.05. The van der Waals surface area contributed by atoms with Gasteiger partial charge < -0.3 is 4.42 Å². The van der Waals surface area contributed by atoms with Crippen LogP contribution < -0.4 is 0 Å². The summed E-state index contributed by atoms with van der Waals surface area (Å²) < 4.78 is 7.14. The van der Waals surface area contributed by atoms with Crippen molar-refractivity contribution in [2.24, 2.45) is 0 Å². The highest BCUT2D eigenvalue weighted by molar-refractivity contribution is 5.83. The topological polar surface area (TPSA) is 43.9 Å². The zero-order valence-electron chi connectivity index (χ0n) is 7.29. The van der Waals surface area contributed by atoms with Gasteiger partial charge in [-0.05, 0) is 12.1 Å². The Hall–Kier alpha value is -2.10. The average molecular weight is 185 g/mol. The summed E-state index contributed by atoms with van der Waals surface area (Å²) in [5.41, 5.74) is 0.837. The number of pyridine rings is 1. The van der Waals surface area contributed by atoms with Crippen LogP contribution >= 0.6 is 0 Å². The van der Waals surface area contributed by atoms with E-state index in [1.807, 2.05) is 22.9 Å². The van der Waals surface area contributed by atoms with E-state index in [1.54, 1.807) is 25.0 Å². The lowest BCUT2D eigenvalue weighted by molar-refractivity contribution is 0.615. The standard InChI is InChI=1S/C10H7N3O/c1-3-12-10(13-5-4-11-7-13)8-2-6-14-9(1)8/h1-7H. The molecule has 14 heavy (non-hydrogen) atoms. The molecule has 0 radical (unpaired) electrons. The molecule has 4 heteroatoms. The van der Waals surface area contributed by atoms with Crippen molar-refractivity contribution in [3.8, 4) is 5.82 Å². The minimum atomic E-state index is 0.837. The lowest BCUT2D eigenvalue weighted by Crippen LogP contribution is -1.93. The van der Waals surface area contributed by atoms with Crippen LogP contribution in [0.5, 0.6) is 0 Å². The Bertz CT molecular complexity index is 554. The Balaban J connectivity index is 2.36. The summed E-state index contributed by atoms with van der Waals surface area (Å²) in [5, 5.41) is 0.991. The molecular formula is C10H7N3O. The van der Waals surface area contributed by atoms with Crippen molar-refractivity contribution in [2.45, 2.75) is 0 Å². The van der Waals surface area contributed by atoms with Gasteiger partial charge in [-0.2, -0.15) is 0 Å². The normalized spacial score (nSPS) is 10.9. The molecule has 3 aromatic heterocycles. The third-order valence-corrected chi connectivity index (χ3v) is 2.11. The minimum Gasteiger partial charge on any atom is -0.464 e. The molecule has 0 aliphatic carbocycles. The van der Waals surface area contributed by atoms with Crippen LogP contribution in [0.15, 0.2) is 47.7 Å². The number of imidazole rings is 1. The first-order chi connectivity index (χ1) is 6.95. The molecule has 3 aromatic rings. The molecule has 4 nitrogen and oxygen atoms in total. The SMILES string of the molecule is c1cn(-c2nccc3occc23)cn1. The fraction of sp³-hybridized carbons (Fsp3) is 0. The van der Waals surface area contributed by atoms with Gasteiger partial charge in [0.25, 0.3) is 0 Å². The minimum absolute atomic E-state index is 0.837. The van der Waals surface area contributed by atoms with Crippen LogP contribution in [-0.4, -0.2) is 14.5 Å². The predicted molar refractivity (Wildman–Crippen MR) is 51.1 cm³/mol. The molecule has 0 N–H and O–H groups in total. The van der Waals surface area contributed by atoms with Gasteiger partial charge in [0.05, 0.1) is 11.6 Å². The van der Waals surface area contributed by atoms with Gasteiger partial charge in [-0.1, -0.05) is 0 Å². The molecule has 3 heterocycles.